The Morgan fingerprint density at radius 1 is 1.18 bits per heavy atom. The molecule has 3 rings (SSSR count). The van der Waals surface area contributed by atoms with Gasteiger partial charge in [-0.2, -0.15) is 0 Å². The minimum atomic E-state index is -0.0401. The summed E-state index contributed by atoms with van der Waals surface area (Å²) in [7, 11) is 0. The van der Waals surface area contributed by atoms with Crippen LogP contribution in [-0.4, -0.2) is 16.6 Å². The van der Waals surface area contributed by atoms with E-state index >= 15 is 0 Å². The van der Waals surface area contributed by atoms with Crippen molar-refractivity contribution in [3.63, 3.8) is 0 Å². The molecule has 3 aromatic rings. The number of fused-ring (bicyclic) bond motifs is 1. The van der Waals surface area contributed by atoms with Gasteiger partial charge in [-0.1, -0.05) is 47.6 Å². The molecule has 0 aliphatic rings. The van der Waals surface area contributed by atoms with Crippen LogP contribution in [0.15, 0.2) is 52.9 Å². The molecule has 0 aliphatic carbocycles. The maximum Gasteiger partial charge on any atom is 0.225 e. The number of rotatable bonds is 5. The number of hydrogen-bond acceptors (Lipinski definition) is 4. The summed E-state index contributed by atoms with van der Waals surface area (Å²) in [5.41, 5.74) is 1.66. The molecule has 0 saturated heterocycles. The molecule has 2 aromatic carbocycles. The second kappa shape index (κ2) is 7.13. The van der Waals surface area contributed by atoms with Crippen molar-refractivity contribution in [2.45, 2.75) is 10.8 Å². The second-order valence-electron chi connectivity index (χ2n) is 4.57. The number of aromatic nitrogens is 1. The number of nitrogens with one attached hydrogen (secondary N) is 1. The lowest BCUT2D eigenvalue weighted by Crippen LogP contribution is -2.12. The predicted molar refractivity (Wildman–Crippen MR) is 95.0 cm³/mol. The first kappa shape index (κ1) is 15.3. The smallest absolute Gasteiger partial charge is 0.225 e. The molecule has 0 radical (unpaired) electrons. The predicted octanol–water partition coefficient (Wildman–Crippen LogP) is 5.07. The summed E-state index contributed by atoms with van der Waals surface area (Å²) in [5.74, 6) is 0.651. The summed E-state index contributed by atoms with van der Waals surface area (Å²) >= 11 is 9.27. The molecule has 1 heterocycles. The fourth-order valence-electron chi connectivity index (χ4n) is 1.92. The van der Waals surface area contributed by atoms with E-state index in [1.54, 1.807) is 35.2 Å². The maximum atomic E-state index is 11.9. The Kier molecular flexibility index (Phi) is 4.97. The molecule has 0 unspecified atom stereocenters. The average molecular weight is 349 g/mol. The van der Waals surface area contributed by atoms with E-state index in [1.165, 1.54) is 4.70 Å². The van der Waals surface area contributed by atoms with Gasteiger partial charge in [0.25, 0.3) is 0 Å². The Morgan fingerprint density at radius 3 is 2.77 bits per heavy atom. The number of carbonyl (C=O) groups is 1. The van der Waals surface area contributed by atoms with Gasteiger partial charge in [-0.05, 0) is 24.3 Å². The molecular formula is C16H13ClN2OS2. The number of halogens is 1. The van der Waals surface area contributed by atoms with Crippen LogP contribution in [0.4, 0.5) is 5.69 Å². The number of anilines is 1. The molecule has 1 N–H and O–H groups in total. The van der Waals surface area contributed by atoms with Crippen LogP contribution in [0.25, 0.3) is 10.2 Å². The molecular weight excluding hydrogens is 336 g/mol. The summed E-state index contributed by atoms with van der Waals surface area (Å²) in [4.78, 5) is 16.5. The molecule has 0 aliphatic heterocycles. The normalized spacial score (nSPS) is 10.8. The molecule has 3 nitrogen and oxygen atoms in total. The number of thiazole rings is 1. The van der Waals surface area contributed by atoms with Crippen molar-refractivity contribution >= 4 is 56.5 Å². The lowest BCUT2D eigenvalue weighted by Gasteiger charge is -2.06. The number of benzene rings is 2. The molecule has 0 fully saturated rings. The second-order valence-corrected chi connectivity index (χ2v) is 7.35. The van der Waals surface area contributed by atoms with Crippen molar-refractivity contribution in [3.05, 3.63) is 53.6 Å². The first-order valence-electron chi connectivity index (χ1n) is 6.75. The van der Waals surface area contributed by atoms with Crippen molar-refractivity contribution in [1.82, 2.24) is 4.98 Å². The van der Waals surface area contributed by atoms with Crippen LogP contribution in [-0.2, 0) is 4.79 Å². The largest absolute Gasteiger partial charge is 0.325 e. The van der Waals surface area contributed by atoms with E-state index in [0.29, 0.717) is 22.9 Å². The standard InChI is InChI=1S/C16H13ClN2OS2/c17-11-5-1-2-6-12(11)18-15(20)9-10-21-16-19-13-7-3-4-8-14(13)22-16/h1-8H,9-10H2,(H,18,20). The number of para-hydroxylation sites is 2. The first-order chi connectivity index (χ1) is 10.7. The third-order valence-corrected chi connectivity index (χ3v) is 5.49. The SMILES string of the molecule is O=C(CCSc1nc2ccccc2s1)Nc1ccccc1Cl. The number of nitrogens with zero attached hydrogens (tertiary/aromatic N) is 1. The monoisotopic (exact) mass is 348 g/mol. The molecule has 0 saturated carbocycles. The van der Waals surface area contributed by atoms with E-state index in [1.807, 2.05) is 30.3 Å². The summed E-state index contributed by atoms with van der Waals surface area (Å²) in [6.07, 6.45) is 0.422. The van der Waals surface area contributed by atoms with Crippen LogP contribution < -0.4 is 5.32 Å². The Morgan fingerprint density at radius 2 is 1.95 bits per heavy atom. The van der Waals surface area contributed by atoms with Crippen LogP contribution >= 0.6 is 34.7 Å². The number of carbonyl (C=O) groups excluding carboxylic acids is 1. The Hall–Kier alpha value is -1.56. The third kappa shape index (κ3) is 3.80. The van der Waals surface area contributed by atoms with Gasteiger partial charge in [0.15, 0.2) is 4.34 Å². The summed E-state index contributed by atoms with van der Waals surface area (Å²) < 4.78 is 2.16. The van der Waals surface area contributed by atoms with Crippen LogP contribution in [0, 0.1) is 0 Å². The fourth-order valence-corrected chi connectivity index (χ4v) is 4.18. The molecule has 0 bridgehead atoms. The highest BCUT2D eigenvalue weighted by Gasteiger charge is 2.07. The van der Waals surface area contributed by atoms with Crippen molar-refractivity contribution in [2.24, 2.45) is 0 Å². The first-order valence-corrected chi connectivity index (χ1v) is 8.93. The van der Waals surface area contributed by atoms with Crippen LogP contribution in [0.2, 0.25) is 5.02 Å². The maximum absolute atomic E-state index is 11.9. The molecule has 1 amide bonds. The van der Waals surface area contributed by atoms with Gasteiger partial charge in [-0.15, -0.1) is 11.3 Å². The van der Waals surface area contributed by atoms with Crippen LogP contribution in [0.5, 0.6) is 0 Å². The van der Waals surface area contributed by atoms with Crippen molar-refractivity contribution in [3.8, 4) is 0 Å². The van der Waals surface area contributed by atoms with Crippen molar-refractivity contribution in [1.29, 1.82) is 0 Å². The zero-order valence-corrected chi connectivity index (χ0v) is 14.0. The van der Waals surface area contributed by atoms with Crippen molar-refractivity contribution < 1.29 is 4.79 Å². The van der Waals surface area contributed by atoms with Gasteiger partial charge < -0.3 is 5.32 Å². The van der Waals surface area contributed by atoms with E-state index in [2.05, 4.69) is 16.4 Å². The zero-order chi connectivity index (χ0) is 15.4. The van der Waals surface area contributed by atoms with Gasteiger partial charge in [-0.3, -0.25) is 4.79 Å². The Bertz CT molecular complexity index is 770. The van der Waals surface area contributed by atoms with E-state index in [4.69, 9.17) is 11.6 Å². The number of amides is 1. The highest BCUT2D eigenvalue weighted by molar-refractivity contribution is 8.01. The molecule has 0 atom stereocenters. The lowest BCUT2D eigenvalue weighted by molar-refractivity contribution is -0.115. The van der Waals surface area contributed by atoms with Gasteiger partial charge >= 0.3 is 0 Å². The van der Waals surface area contributed by atoms with E-state index < -0.39 is 0 Å². The van der Waals surface area contributed by atoms with Gasteiger partial charge in [0.1, 0.15) is 0 Å². The van der Waals surface area contributed by atoms with Gasteiger partial charge in [0.2, 0.25) is 5.91 Å². The molecule has 112 valence electrons. The van der Waals surface area contributed by atoms with Crippen LogP contribution in [0.1, 0.15) is 6.42 Å². The minimum Gasteiger partial charge on any atom is -0.325 e. The molecule has 6 heteroatoms. The zero-order valence-electron chi connectivity index (χ0n) is 11.6. The molecule has 22 heavy (non-hydrogen) atoms. The third-order valence-electron chi connectivity index (χ3n) is 2.98. The van der Waals surface area contributed by atoms with E-state index in [0.717, 1.165) is 9.86 Å². The average Bonchev–Trinajstić information content (AvgIpc) is 2.92. The van der Waals surface area contributed by atoms with Gasteiger partial charge in [-0.25, -0.2) is 4.98 Å². The molecule has 0 spiro atoms. The summed E-state index contributed by atoms with van der Waals surface area (Å²) in [6, 6.07) is 15.3. The Balaban J connectivity index is 1.52. The van der Waals surface area contributed by atoms with Crippen molar-refractivity contribution in [2.75, 3.05) is 11.1 Å². The topological polar surface area (TPSA) is 42.0 Å². The van der Waals surface area contributed by atoms with E-state index in [9.17, 15) is 4.79 Å². The minimum absolute atomic E-state index is 0.0401. The molecule has 1 aromatic heterocycles. The highest BCUT2D eigenvalue weighted by atomic mass is 35.5. The fraction of sp³-hybridized carbons (Fsp3) is 0.125. The number of thioether (sulfide) groups is 1. The Labute approximate surface area is 141 Å². The summed E-state index contributed by atoms with van der Waals surface area (Å²) in [5, 5.41) is 3.37. The van der Waals surface area contributed by atoms with Crippen LogP contribution in [0.3, 0.4) is 0 Å². The quantitative estimate of drug-likeness (QED) is 0.654. The highest BCUT2D eigenvalue weighted by Crippen LogP contribution is 2.29. The van der Waals surface area contributed by atoms with Gasteiger partial charge in [0, 0.05) is 12.2 Å². The number of hydrogen-bond donors (Lipinski definition) is 1. The lowest BCUT2D eigenvalue weighted by atomic mass is 10.3. The van der Waals surface area contributed by atoms with E-state index in [-0.39, 0.29) is 5.91 Å². The summed E-state index contributed by atoms with van der Waals surface area (Å²) in [6.45, 7) is 0. The van der Waals surface area contributed by atoms with Gasteiger partial charge in [0.05, 0.1) is 20.9 Å².